The van der Waals surface area contributed by atoms with Crippen LogP contribution in [0.3, 0.4) is 0 Å². The van der Waals surface area contributed by atoms with Gasteiger partial charge in [-0.25, -0.2) is 9.78 Å². The fourth-order valence-electron chi connectivity index (χ4n) is 0.827. The molecule has 0 spiro atoms. The molecule has 0 radical (unpaired) electrons. The zero-order valence-corrected chi connectivity index (χ0v) is 7.70. The van der Waals surface area contributed by atoms with Crippen LogP contribution in [0.4, 0.5) is 0 Å². The molecule has 70 valence electrons. The smallest absolute Gasteiger partial charge is 0.376 e. The van der Waals surface area contributed by atoms with Crippen LogP contribution in [0.25, 0.3) is 0 Å². The van der Waals surface area contributed by atoms with Crippen LogP contribution in [0.2, 0.25) is 0 Å². The van der Waals surface area contributed by atoms with Crippen LogP contribution < -0.4 is 4.74 Å². The number of rotatable bonds is 2. The molecule has 0 aliphatic heterocycles. The highest BCUT2D eigenvalue weighted by Gasteiger charge is 2.11. The predicted molar refractivity (Wildman–Crippen MR) is 44.7 cm³/mol. The van der Waals surface area contributed by atoms with Crippen molar-refractivity contribution in [2.45, 2.75) is 6.92 Å². The quantitative estimate of drug-likeness (QED) is 0.626. The Morgan fingerprint density at radius 1 is 1.38 bits per heavy atom. The minimum atomic E-state index is -0.568. The van der Waals surface area contributed by atoms with Crippen LogP contribution in [0.5, 0.6) is 5.88 Å². The van der Waals surface area contributed by atoms with Crippen LogP contribution in [-0.2, 0) is 4.74 Å². The van der Waals surface area contributed by atoms with Gasteiger partial charge in [-0.05, 0) is 6.92 Å². The van der Waals surface area contributed by atoms with Crippen molar-refractivity contribution in [3.05, 3.63) is 17.6 Å². The summed E-state index contributed by atoms with van der Waals surface area (Å²) in [5, 5.41) is 0. The van der Waals surface area contributed by atoms with Crippen LogP contribution >= 0.6 is 0 Å². The Bertz CT molecular complexity index is 325. The molecule has 1 rings (SSSR count). The van der Waals surface area contributed by atoms with E-state index in [1.807, 2.05) is 0 Å². The molecule has 1 aromatic heterocycles. The summed E-state index contributed by atoms with van der Waals surface area (Å²) in [6.07, 6.45) is 0. The standard InChI is InChI=1S/C8H10N2O3/c1-5-4-6(12-2)10-7(9-5)8(11)13-3/h4H,1-3H3. The molecule has 0 unspecified atom stereocenters. The first kappa shape index (κ1) is 9.44. The molecule has 5 heteroatoms. The van der Waals surface area contributed by atoms with Gasteiger partial charge in [0, 0.05) is 11.8 Å². The maximum absolute atomic E-state index is 11.0. The van der Waals surface area contributed by atoms with E-state index < -0.39 is 5.97 Å². The van der Waals surface area contributed by atoms with Crippen molar-refractivity contribution in [2.24, 2.45) is 0 Å². The SMILES string of the molecule is COC(=O)c1nc(C)cc(OC)n1. The van der Waals surface area contributed by atoms with E-state index >= 15 is 0 Å². The van der Waals surface area contributed by atoms with E-state index in [1.165, 1.54) is 14.2 Å². The highest BCUT2D eigenvalue weighted by atomic mass is 16.5. The lowest BCUT2D eigenvalue weighted by Crippen LogP contribution is -2.09. The number of carbonyl (C=O) groups is 1. The van der Waals surface area contributed by atoms with Gasteiger partial charge in [-0.2, -0.15) is 4.98 Å². The molecule has 0 aliphatic carbocycles. The molecule has 0 saturated heterocycles. The zero-order valence-electron chi connectivity index (χ0n) is 7.70. The minimum Gasteiger partial charge on any atom is -0.481 e. The Kier molecular flexibility index (Phi) is 2.79. The van der Waals surface area contributed by atoms with Gasteiger partial charge in [0.15, 0.2) is 0 Å². The van der Waals surface area contributed by atoms with Crippen molar-refractivity contribution in [3.63, 3.8) is 0 Å². The van der Waals surface area contributed by atoms with Crippen molar-refractivity contribution < 1.29 is 14.3 Å². The van der Waals surface area contributed by atoms with Crippen LogP contribution in [0.1, 0.15) is 16.3 Å². The Morgan fingerprint density at radius 3 is 2.62 bits per heavy atom. The fourth-order valence-corrected chi connectivity index (χ4v) is 0.827. The highest BCUT2D eigenvalue weighted by Crippen LogP contribution is 2.08. The average Bonchev–Trinajstić information content (AvgIpc) is 2.15. The molecule has 0 atom stereocenters. The summed E-state index contributed by atoms with van der Waals surface area (Å²) in [4.78, 5) is 18.7. The van der Waals surface area contributed by atoms with E-state index in [0.29, 0.717) is 11.6 Å². The molecule has 0 aliphatic rings. The van der Waals surface area contributed by atoms with Crippen molar-refractivity contribution in [1.29, 1.82) is 0 Å². The number of esters is 1. The lowest BCUT2D eigenvalue weighted by atomic mass is 10.4. The molecule has 5 nitrogen and oxygen atoms in total. The second kappa shape index (κ2) is 3.84. The monoisotopic (exact) mass is 182 g/mol. The molecular weight excluding hydrogens is 172 g/mol. The largest absolute Gasteiger partial charge is 0.481 e. The van der Waals surface area contributed by atoms with Crippen molar-refractivity contribution in [1.82, 2.24) is 9.97 Å². The minimum absolute atomic E-state index is 0.0133. The van der Waals surface area contributed by atoms with Gasteiger partial charge in [-0.1, -0.05) is 0 Å². The average molecular weight is 182 g/mol. The first-order valence-corrected chi connectivity index (χ1v) is 3.65. The highest BCUT2D eigenvalue weighted by molar-refractivity contribution is 5.85. The molecule has 1 aromatic rings. The van der Waals surface area contributed by atoms with Gasteiger partial charge < -0.3 is 9.47 Å². The number of hydrogen-bond acceptors (Lipinski definition) is 5. The van der Waals surface area contributed by atoms with Gasteiger partial charge in [-0.15, -0.1) is 0 Å². The first-order chi connectivity index (χ1) is 6.17. The number of aromatic nitrogens is 2. The van der Waals surface area contributed by atoms with Crippen molar-refractivity contribution >= 4 is 5.97 Å². The number of aryl methyl sites for hydroxylation is 1. The second-order valence-electron chi connectivity index (χ2n) is 2.37. The summed E-state index contributed by atoms with van der Waals surface area (Å²) in [5.74, 6) is -0.200. The van der Waals surface area contributed by atoms with Crippen LogP contribution in [0, 0.1) is 6.92 Å². The lowest BCUT2D eigenvalue weighted by Gasteiger charge is -2.02. The molecule has 0 fully saturated rings. The van der Waals surface area contributed by atoms with E-state index in [1.54, 1.807) is 13.0 Å². The fraction of sp³-hybridized carbons (Fsp3) is 0.375. The van der Waals surface area contributed by atoms with Gasteiger partial charge in [0.25, 0.3) is 0 Å². The van der Waals surface area contributed by atoms with E-state index in [4.69, 9.17) is 4.74 Å². The van der Waals surface area contributed by atoms with Gasteiger partial charge in [0.05, 0.1) is 14.2 Å². The van der Waals surface area contributed by atoms with Gasteiger partial charge in [0.2, 0.25) is 11.7 Å². The first-order valence-electron chi connectivity index (χ1n) is 3.65. The molecular formula is C8H10N2O3. The Labute approximate surface area is 75.7 Å². The van der Waals surface area contributed by atoms with Crippen LogP contribution in [0.15, 0.2) is 6.07 Å². The predicted octanol–water partition coefficient (Wildman–Crippen LogP) is 0.580. The third-order valence-corrected chi connectivity index (χ3v) is 1.41. The third kappa shape index (κ3) is 2.14. The van der Waals surface area contributed by atoms with E-state index in [0.717, 1.165) is 0 Å². The van der Waals surface area contributed by atoms with Gasteiger partial charge in [-0.3, -0.25) is 0 Å². The third-order valence-electron chi connectivity index (χ3n) is 1.41. The second-order valence-corrected chi connectivity index (χ2v) is 2.37. The number of hydrogen-bond donors (Lipinski definition) is 0. The summed E-state index contributed by atoms with van der Waals surface area (Å²) >= 11 is 0. The topological polar surface area (TPSA) is 61.3 Å². The molecule has 0 bridgehead atoms. The normalized spacial score (nSPS) is 9.46. The Morgan fingerprint density at radius 2 is 2.08 bits per heavy atom. The summed E-state index contributed by atoms with van der Waals surface area (Å²) in [6, 6.07) is 1.63. The van der Waals surface area contributed by atoms with E-state index in [9.17, 15) is 4.79 Å². The Hall–Kier alpha value is -1.65. The van der Waals surface area contributed by atoms with Crippen molar-refractivity contribution in [3.8, 4) is 5.88 Å². The molecule has 1 heterocycles. The summed E-state index contributed by atoms with van der Waals surface area (Å²) in [5.41, 5.74) is 0.659. The summed E-state index contributed by atoms with van der Waals surface area (Å²) in [7, 11) is 2.75. The van der Waals surface area contributed by atoms with Gasteiger partial charge in [0.1, 0.15) is 0 Å². The maximum Gasteiger partial charge on any atom is 0.376 e. The number of carbonyl (C=O) groups excluding carboxylic acids is 1. The maximum atomic E-state index is 11.0. The van der Waals surface area contributed by atoms with Crippen LogP contribution in [-0.4, -0.2) is 30.2 Å². The molecule has 0 aromatic carbocycles. The lowest BCUT2D eigenvalue weighted by molar-refractivity contribution is 0.0585. The summed E-state index contributed by atoms with van der Waals surface area (Å²) in [6.45, 7) is 1.75. The zero-order chi connectivity index (χ0) is 9.84. The number of ether oxygens (including phenoxy) is 2. The van der Waals surface area contributed by atoms with Crippen molar-refractivity contribution in [2.75, 3.05) is 14.2 Å². The summed E-state index contributed by atoms with van der Waals surface area (Å²) < 4.78 is 9.34. The molecule has 0 saturated carbocycles. The number of methoxy groups -OCH3 is 2. The molecule has 0 N–H and O–H groups in total. The van der Waals surface area contributed by atoms with Gasteiger partial charge >= 0.3 is 5.97 Å². The Balaban J connectivity index is 3.08. The number of nitrogens with zero attached hydrogens (tertiary/aromatic N) is 2. The molecule has 13 heavy (non-hydrogen) atoms. The van der Waals surface area contributed by atoms with E-state index in [2.05, 4.69) is 14.7 Å². The molecule has 0 amide bonds. The van der Waals surface area contributed by atoms with E-state index in [-0.39, 0.29) is 5.82 Å².